The summed E-state index contributed by atoms with van der Waals surface area (Å²) in [6.45, 7) is 1.24. The van der Waals surface area contributed by atoms with Gasteiger partial charge < -0.3 is 9.64 Å². The van der Waals surface area contributed by atoms with Gasteiger partial charge in [0.2, 0.25) is 0 Å². The lowest BCUT2D eigenvalue weighted by atomic mass is 10.1. The van der Waals surface area contributed by atoms with Crippen molar-refractivity contribution in [3.8, 4) is 5.88 Å². The number of hydrogen-bond donors (Lipinski definition) is 0. The predicted molar refractivity (Wildman–Crippen MR) is 87.5 cm³/mol. The molecule has 1 aromatic carbocycles. The summed E-state index contributed by atoms with van der Waals surface area (Å²) in [6.07, 6.45) is 3.86. The zero-order valence-electron chi connectivity index (χ0n) is 13.3. The van der Waals surface area contributed by atoms with Gasteiger partial charge in [-0.05, 0) is 12.0 Å². The lowest BCUT2D eigenvalue weighted by Gasteiger charge is -2.35. The molecule has 1 saturated heterocycles. The van der Waals surface area contributed by atoms with Gasteiger partial charge in [0.25, 0.3) is 5.88 Å². The van der Waals surface area contributed by atoms with Crippen LogP contribution in [0.25, 0.3) is 0 Å². The van der Waals surface area contributed by atoms with Crippen LogP contribution >= 0.6 is 0 Å². The number of nitrogens with zero attached hydrogens (tertiary/aromatic N) is 4. The van der Waals surface area contributed by atoms with E-state index in [0.717, 1.165) is 26.1 Å². The summed E-state index contributed by atoms with van der Waals surface area (Å²) in [6, 6.07) is 10.4. The van der Waals surface area contributed by atoms with Crippen molar-refractivity contribution in [3.63, 3.8) is 0 Å². The number of piperazine rings is 1. The minimum Gasteiger partial charge on any atom is -0.413 e. The first-order valence-electron chi connectivity index (χ1n) is 7.99. The number of aromatic nitrogens is 2. The molecule has 0 spiro atoms. The minimum atomic E-state index is -2.90. The molecular formula is C17H20F2N4O. The molecule has 0 atom stereocenters. The van der Waals surface area contributed by atoms with Crippen LogP contribution < -0.4 is 9.64 Å². The molecule has 128 valence electrons. The minimum absolute atomic E-state index is 0.106. The second-order valence-corrected chi connectivity index (χ2v) is 5.63. The first-order valence-corrected chi connectivity index (χ1v) is 7.99. The van der Waals surface area contributed by atoms with Crippen molar-refractivity contribution < 1.29 is 13.5 Å². The summed E-state index contributed by atoms with van der Waals surface area (Å²) in [5, 5.41) is 0. The van der Waals surface area contributed by atoms with Crippen molar-refractivity contribution in [2.75, 3.05) is 37.6 Å². The van der Waals surface area contributed by atoms with Crippen LogP contribution in [0.1, 0.15) is 5.56 Å². The highest BCUT2D eigenvalue weighted by Gasteiger charge is 2.22. The first-order chi connectivity index (χ1) is 11.7. The molecule has 2 heterocycles. The molecule has 0 amide bonds. The standard InChI is InChI=1S/C17H20F2N4O/c18-17(19)24-16-15(20-7-8-21-16)23-12-10-22(11-13-23)9-6-14-4-2-1-3-5-14/h1-5,7-8,17H,6,9-13H2. The number of benzene rings is 1. The maximum atomic E-state index is 12.5. The fourth-order valence-corrected chi connectivity index (χ4v) is 2.82. The van der Waals surface area contributed by atoms with Crippen molar-refractivity contribution in [2.45, 2.75) is 13.0 Å². The van der Waals surface area contributed by atoms with Crippen molar-refractivity contribution >= 4 is 5.82 Å². The van der Waals surface area contributed by atoms with E-state index in [1.807, 2.05) is 23.1 Å². The molecule has 0 saturated carbocycles. The van der Waals surface area contributed by atoms with Gasteiger partial charge >= 0.3 is 6.61 Å². The maximum absolute atomic E-state index is 12.5. The Labute approximate surface area is 139 Å². The van der Waals surface area contributed by atoms with Crippen LogP contribution in [0.3, 0.4) is 0 Å². The molecule has 2 aromatic rings. The second kappa shape index (κ2) is 8.01. The van der Waals surface area contributed by atoms with E-state index in [9.17, 15) is 8.78 Å². The summed E-state index contributed by atoms with van der Waals surface area (Å²) in [5.74, 6) is 0.283. The maximum Gasteiger partial charge on any atom is 0.388 e. The van der Waals surface area contributed by atoms with E-state index in [2.05, 4.69) is 31.7 Å². The van der Waals surface area contributed by atoms with Crippen molar-refractivity contribution in [1.82, 2.24) is 14.9 Å². The number of halogens is 2. The number of anilines is 1. The van der Waals surface area contributed by atoms with Gasteiger partial charge in [-0.25, -0.2) is 9.97 Å². The highest BCUT2D eigenvalue weighted by Crippen LogP contribution is 2.25. The number of ether oxygens (including phenoxy) is 1. The molecule has 7 heteroatoms. The van der Waals surface area contributed by atoms with Crippen molar-refractivity contribution in [1.29, 1.82) is 0 Å². The molecule has 0 unspecified atom stereocenters. The van der Waals surface area contributed by atoms with E-state index < -0.39 is 6.61 Å². The highest BCUT2D eigenvalue weighted by atomic mass is 19.3. The lowest BCUT2D eigenvalue weighted by Crippen LogP contribution is -2.47. The van der Waals surface area contributed by atoms with Gasteiger partial charge in [-0.1, -0.05) is 30.3 Å². The summed E-state index contributed by atoms with van der Waals surface area (Å²) in [5.41, 5.74) is 1.32. The number of hydrogen-bond acceptors (Lipinski definition) is 5. The Balaban J connectivity index is 1.54. The third kappa shape index (κ3) is 4.38. The largest absolute Gasteiger partial charge is 0.413 e. The fourth-order valence-electron chi connectivity index (χ4n) is 2.82. The Kier molecular flexibility index (Phi) is 5.53. The molecule has 1 aliphatic heterocycles. The van der Waals surface area contributed by atoms with Crippen LogP contribution in [0.4, 0.5) is 14.6 Å². The SMILES string of the molecule is FC(F)Oc1nccnc1N1CCN(CCc2ccccc2)CC1. The molecule has 1 fully saturated rings. The lowest BCUT2D eigenvalue weighted by molar-refractivity contribution is -0.0527. The van der Waals surface area contributed by atoms with E-state index in [-0.39, 0.29) is 5.88 Å². The van der Waals surface area contributed by atoms with Crippen LogP contribution in [-0.2, 0) is 6.42 Å². The summed E-state index contributed by atoms with van der Waals surface area (Å²) < 4.78 is 29.4. The highest BCUT2D eigenvalue weighted by molar-refractivity contribution is 5.48. The summed E-state index contributed by atoms with van der Waals surface area (Å²) in [7, 11) is 0. The van der Waals surface area contributed by atoms with Crippen LogP contribution in [-0.4, -0.2) is 54.2 Å². The molecule has 0 N–H and O–H groups in total. The van der Waals surface area contributed by atoms with Gasteiger partial charge in [-0.3, -0.25) is 4.90 Å². The van der Waals surface area contributed by atoms with Crippen LogP contribution in [0, 0.1) is 0 Å². The molecule has 0 aliphatic carbocycles. The Morgan fingerprint density at radius 1 is 1.00 bits per heavy atom. The van der Waals surface area contributed by atoms with E-state index >= 15 is 0 Å². The van der Waals surface area contributed by atoms with Crippen LogP contribution in [0.5, 0.6) is 5.88 Å². The summed E-state index contributed by atoms with van der Waals surface area (Å²) in [4.78, 5) is 12.3. The predicted octanol–water partition coefficient (Wildman–Crippen LogP) is 2.44. The third-order valence-electron chi connectivity index (χ3n) is 4.08. The Hall–Kier alpha value is -2.28. The fraction of sp³-hybridized carbons (Fsp3) is 0.412. The van der Waals surface area contributed by atoms with E-state index in [1.165, 1.54) is 18.0 Å². The first kappa shape index (κ1) is 16.6. The molecule has 1 aromatic heterocycles. The van der Waals surface area contributed by atoms with Crippen LogP contribution in [0.2, 0.25) is 0 Å². The Bertz CT molecular complexity index is 633. The second-order valence-electron chi connectivity index (χ2n) is 5.63. The van der Waals surface area contributed by atoms with Gasteiger partial charge in [-0.15, -0.1) is 0 Å². The molecule has 0 radical (unpaired) electrons. The van der Waals surface area contributed by atoms with E-state index in [0.29, 0.717) is 18.9 Å². The summed E-state index contributed by atoms with van der Waals surface area (Å²) >= 11 is 0. The van der Waals surface area contributed by atoms with Crippen molar-refractivity contribution in [2.24, 2.45) is 0 Å². The molecular weight excluding hydrogens is 314 g/mol. The third-order valence-corrected chi connectivity index (χ3v) is 4.08. The topological polar surface area (TPSA) is 41.5 Å². The Morgan fingerprint density at radius 2 is 1.71 bits per heavy atom. The zero-order chi connectivity index (χ0) is 16.8. The molecule has 5 nitrogen and oxygen atoms in total. The van der Waals surface area contributed by atoms with E-state index in [4.69, 9.17) is 0 Å². The number of rotatable bonds is 6. The van der Waals surface area contributed by atoms with Gasteiger partial charge in [0.05, 0.1) is 0 Å². The average Bonchev–Trinajstić information content (AvgIpc) is 2.61. The number of alkyl halides is 2. The normalized spacial score (nSPS) is 15.7. The van der Waals surface area contributed by atoms with Crippen molar-refractivity contribution in [3.05, 3.63) is 48.3 Å². The molecule has 0 bridgehead atoms. The Morgan fingerprint density at radius 3 is 2.42 bits per heavy atom. The van der Waals surface area contributed by atoms with Crippen LogP contribution in [0.15, 0.2) is 42.7 Å². The van der Waals surface area contributed by atoms with Gasteiger partial charge in [0.1, 0.15) is 0 Å². The molecule has 24 heavy (non-hydrogen) atoms. The van der Waals surface area contributed by atoms with E-state index in [1.54, 1.807) is 0 Å². The zero-order valence-corrected chi connectivity index (χ0v) is 13.3. The smallest absolute Gasteiger partial charge is 0.388 e. The quantitative estimate of drug-likeness (QED) is 0.812. The van der Waals surface area contributed by atoms with Gasteiger partial charge in [0.15, 0.2) is 5.82 Å². The molecule has 1 aliphatic rings. The van der Waals surface area contributed by atoms with Gasteiger partial charge in [-0.2, -0.15) is 8.78 Å². The monoisotopic (exact) mass is 334 g/mol. The van der Waals surface area contributed by atoms with Gasteiger partial charge in [0, 0.05) is 45.1 Å². The average molecular weight is 334 g/mol. The molecule has 3 rings (SSSR count).